The monoisotopic (exact) mass is 254 g/mol. The van der Waals surface area contributed by atoms with Crippen LogP contribution in [0.4, 0.5) is 5.95 Å². The summed E-state index contributed by atoms with van der Waals surface area (Å²) >= 11 is 0. The van der Waals surface area contributed by atoms with Gasteiger partial charge in [-0.3, -0.25) is 10.1 Å². The van der Waals surface area contributed by atoms with E-state index in [9.17, 15) is 10.1 Å². The molecule has 2 N–H and O–H groups in total. The molecule has 0 unspecified atom stereocenters. The molecule has 1 aromatic carbocycles. The van der Waals surface area contributed by atoms with Crippen LogP contribution in [0, 0.1) is 16.7 Å². The van der Waals surface area contributed by atoms with Crippen LogP contribution in [0.3, 0.4) is 0 Å². The second-order valence-electron chi connectivity index (χ2n) is 4.96. The van der Waals surface area contributed by atoms with E-state index in [0.29, 0.717) is 18.8 Å². The first kappa shape index (κ1) is 11.7. The number of anilines is 1. The molecular formula is C14H14N4O. The first-order valence-electron chi connectivity index (χ1n) is 6.41. The summed E-state index contributed by atoms with van der Waals surface area (Å²) in [6.07, 6.45) is 3.13. The van der Waals surface area contributed by atoms with Gasteiger partial charge in [-0.15, -0.1) is 0 Å². The topological polar surface area (TPSA) is 81.6 Å². The van der Waals surface area contributed by atoms with E-state index in [0.717, 1.165) is 23.9 Å². The Labute approximate surface area is 110 Å². The van der Waals surface area contributed by atoms with Crippen molar-refractivity contribution in [1.29, 1.82) is 5.26 Å². The number of para-hydroxylation sites is 2. The maximum Gasteiger partial charge on any atom is 0.247 e. The van der Waals surface area contributed by atoms with E-state index in [1.54, 1.807) is 0 Å². The van der Waals surface area contributed by atoms with Gasteiger partial charge in [-0.05, 0) is 25.0 Å². The maximum absolute atomic E-state index is 12.3. The molecule has 1 aromatic heterocycles. The molecule has 0 bridgehead atoms. The summed E-state index contributed by atoms with van der Waals surface area (Å²) in [7, 11) is 0. The highest BCUT2D eigenvalue weighted by Gasteiger charge is 2.41. The summed E-state index contributed by atoms with van der Waals surface area (Å²) in [5.41, 5.74) is 0.796. The van der Waals surface area contributed by atoms with Crippen LogP contribution in [0.1, 0.15) is 25.7 Å². The molecule has 0 spiro atoms. The van der Waals surface area contributed by atoms with Gasteiger partial charge in [0.25, 0.3) is 0 Å². The second kappa shape index (κ2) is 4.39. The Morgan fingerprint density at radius 1 is 1.37 bits per heavy atom. The lowest BCUT2D eigenvalue weighted by atomic mass is 9.87. The molecule has 0 saturated heterocycles. The fraction of sp³-hybridized carbons (Fsp3) is 0.357. The second-order valence-corrected chi connectivity index (χ2v) is 4.96. The number of carbonyl (C=O) groups is 1. The van der Waals surface area contributed by atoms with Gasteiger partial charge >= 0.3 is 0 Å². The van der Waals surface area contributed by atoms with Crippen molar-refractivity contribution in [3.8, 4) is 6.07 Å². The molecule has 5 nitrogen and oxygen atoms in total. The molecule has 0 atom stereocenters. The maximum atomic E-state index is 12.3. The molecule has 0 radical (unpaired) electrons. The van der Waals surface area contributed by atoms with Crippen LogP contribution in [0.25, 0.3) is 11.0 Å². The van der Waals surface area contributed by atoms with Crippen LogP contribution in [-0.2, 0) is 4.79 Å². The Morgan fingerprint density at radius 3 is 2.79 bits per heavy atom. The Kier molecular flexibility index (Phi) is 2.71. The summed E-state index contributed by atoms with van der Waals surface area (Å²) < 4.78 is 0. The fourth-order valence-corrected chi connectivity index (χ4v) is 2.61. The summed E-state index contributed by atoms with van der Waals surface area (Å²) in [5.74, 6) is 0.166. The Morgan fingerprint density at radius 2 is 2.11 bits per heavy atom. The van der Waals surface area contributed by atoms with Gasteiger partial charge in [-0.2, -0.15) is 5.26 Å². The number of imidazole rings is 1. The van der Waals surface area contributed by atoms with Crippen LogP contribution in [-0.4, -0.2) is 15.9 Å². The molecule has 1 heterocycles. The number of hydrogen-bond acceptors (Lipinski definition) is 3. The zero-order chi connectivity index (χ0) is 13.3. The Hall–Kier alpha value is -2.35. The van der Waals surface area contributed by atoms with Crippen molar-refractivity contribution in [1.82, 2.24) is 9.97 Å². The fourth-order valence-electron chi connectivity index (χ4n) is 2.61. The van der Waals surface area contributed by atoms with Crippen molar-refractivity contribution in [2.75, 3.05) is 5.32 Å². The van der Waals surface area contributed by atoms with Crippen LogP contribution >= 0.6 is 0 Å². The molecule has 3 rings (SSSR count). The predicted octanol–water partition coefficient (Wildman–Crippen LogP) is 2.59. The molecule has 1 saturated carbocycles. The minimum Gasteiger partial charge on any atom is -0.324 e. The Bertz CT molecular complexity index is 628. The van der Waals surface area contributed by atoms with Gasteiger partial charge in [0.15, 0.2) is 0 Å². The third-order valence-corrected chi connectivity index (χ3v) is 3.73. The number of hydrogen-bond donors (Lipinski definition) is 2. The summed E-state index contributed by atoms with van der Waals surface area (Å²) in [5, 5.41) is 12.0. The molecule has 1 amide bonds. The van der Waals surface area contributed by atoms with Crippen LogP contribution in [0.15, 0.2) is 24.3 Å². The lowest BCUT2D eigenvalue weighted by Gasteiger charge is -2.17. The lowest BCUT2D eigenvalue weighted by Crippen LogP contribution is -2.32. The molecule has 1 fully saturated rings. The molecule has 96 valence electrons. The average Bonchev–Trinajstić information content (AvgIpc) is 3.05. The third kappa shape index (κ3) is 1.95. The number of nitrogens with one attached hydrogen (secondary N) is 2. The molecule has 1 aliphatic rings. The quantitative estimate of drug-likeness (QED) is 0.864. The van der Waals surface area contributed by atoms with E-state index < -0.39 is 5.41 Å². The van der Waals surface area contributed by atoms with Gasteiger partial charge < -0.3 is 4.98 Å². The largest absolute Gasteiger partial charge is 0.324 e. The van der Waals surface area contributed by atoms with Gasteiger partial charge in [0.05, 0.1) is 17.1 Å². The van der Waals surface area contributed by atoms with Crippen LogP contribution in [0.5, 0.6) is 0 Å². The number of fused-ring (bicyclic) bond motifs is 1. The summed E-state index contributed by atoms with van der Waals surface area (Å²) in [4.78, 5) is 19.6. The van der Waals surface area contributed by atoms with E-state index in [1.807, 2.05) is 24.3 Å². The highest BCUT2D eigenvalue weighted by molar-refractivity contribution is 5.97. The molecule has 19 heavy (non-hydrogen) atoms. The number of nitriles is 1. The minimum absolute atomic E-state index is 0.244. The van der Waals surface area contributed by atoms with E-state index in [-0.39, 0.29) is 5.91 Å². The minimum atomic E-state index is -0.876. The van der Waals surface area contributed by atoms with Gasteiger partial charge in [-0.1, -0.05) is 25.0 Å². The van der Waals surface area contributed by atoms with Crippen molar-refractivity contribution in [2.24, 2.45) is 5.41 Å². The highest BCUT2D eigenvalue weighted by atomic mass is 16.2. The van der Waals surface area contributed by atoms with Crippen LogP contribution in [0.2, 0.25) is 0 Å². The normalized spacial score (nSPS) is 17.2. The molecular weight excluding hydrogens is 240 g/mol. The first-order chi connectivity index (χ1) is 9.23. The van der Waals surface area contributed by atoms with Crippen molar-refractivity contribution in [3.63, 3.8) is 0 Å². The van der Waals surface area contributed by atoms with Crippen molar-refractivity contribution in [2.45, 2.75) is 25.7 Å². The zero-order valence-corrected chi connectivity index (χ0v) is 10.4. The summed E-state index contributed by atoms with van der Waals surface area (Å²) in [6.45, 7) is 0. The molecule has 1 aliphatic carbocycles. The molecule has 0 aliphatic heterocycles. The van der Waals surface area contributed by atoms with Gasteiger partial charge in [0.1, 0.15) is 5.41 Å². The Balaban J connectivity index is 1.85. The number of amides is 1. The van der Waals surface area contributed by atoms with Gasteiger partial charge in [0, 0.05) is 0 Å². The highest BCUT2D eigenvalue weighted by Crippen LogP contribution is 2.38. The van der Waals surface area contributed by atoms with E-state index in [4.69, 9.17) is 0 Å². The number of aromatic nitrogens is 2. The predicted molar refractivity (Wildman–Crippen MR) is 71.2 cm³/mol. The number of rotatable bonds is 2. The van der Waals surface area contributed by atoms with Crippen molar-refractivity contribution in [3.05, 3.63) is 24.3 Å². The summed E-state index contributed by atoms with van der Waals surface area (Å²) in [6, 6.07) is 9.74. The first-order valence-corrected chi connectivity index (χ1v) is 6.41. The molecule has 5 heteroatoms. The zero-order valence-electron chi connectivity index (χ0n) is 10.4. The number of aromatic amines is 1. The number of carbonyl (C=O) groups excluding carboxylic acids is 1. The van der Waals surface area contributed by atoms with Gasteiger partial charge in [0.2, 0.25) is 11.9 Å². The number of benzene rings is 1. The van der Waals surface area contributed by atoms with Gasteiger partial charge in [-0.25, -0.2) is 4.98 Å². The van der Waals surface area contributed by atoms with E-state index >= 15 is 0 Å². The SMILES string of the molecule is N#CC1(C(=O)Nc2nc3ccccc3[nH]2)CCCC1. The number of nitrogens with zero attached hydrogens (tertiary/aromatic N) is 2. The van der Waals surface area contributed by atoms with E-state index in [2.05, 4.69) is 21.4 Å². The molecule has 2 aromatic rings. The van der Waals surface area contributed by atoms with Crippen LogP contribution < -0.4 is 5.32 Å². The van der Waals surface area contributed by atoms with Crippen molar-refractivity contribution < 1.29 is 4.79 Å². The standard InChI is InChI=1S/C14H14N4O/c15-9-14(7-3-4-8-14)12(19)18-13-16-10-5-1-2-6-11(10)17-13/h1-2,5-6H,3-4,7-8H2,(H2,16,17,18,19). The lowest BCUT2D eigenvalue weighted by molar-refractivity contribution is -0.122. The average molecular weight is 254 g/mol. The third-order valence-electron chi connectivity index (χ3n) is 3.73. The van der Waals surface area contributed by atoms with Crippen molar-refractivity contribution >= 4 is 22.9 Å². The van der Waals surface area contributed by atoms with E-state index in [1.165, 1.54) is 0 Å². The number of H-pyrrole nitrogens is 1. The smallest absolute Gasteiger partial charge is 0.247 e.